The van der Waals surface area contributed by atoms with Crippen LogP contribution in [0, 0.1) is 13.8 Å². The van der Waals surface area contributed by atoms with E-state index in [4.69, 9.17) is 5.73 Å². The number of thiophene rings is 2. The lowest BCUT2D eigenvalue weighted by molar-refractivity contribution is -0.116. The van der Waals surface area contributed by atoms with E-state index in [0.717, 1.165) is 10.4 Å². The molecule has 0 radical (unpaired) electrons. The molecule has 24 heavy (non-hydrogen) atoms. The molecule has 0 aliphatic heterocycles. The van der Waals surface area contributed by atoms with Gasteiger partial charge in [0, 0.05) is 4.88 Å². The number of primary amides is 1. The Labute approximate surface area is 144 Å². The Morgan fingerprint density at radius 2 is 2.12 bits per heavy atom. The van der Waals surface area contributed by atoms with Gasteiger partial charge in [-0.15, -0.1) is 22.7 Å². The number of nitrogens with one attached hydrogen (secondary N) is 1. The van der Waals surface area contributed by atoms with E-state index in [1.165, 1.54) is 33.6 Å². The molecule has 9 heteroatoms. The van der Waals surface area contributed by atoms with Gasteiger partial charge in [0.05, 0.1) is 17.3 Å². The fourth-order valence-corrected chi connectivity index (χ4v) is 4.10. The Balaban J connectivity index is 1.87. The van der Waals surface area contributed by atoms with E-state index in [9.17, 15) is 14.4 Å². The third-order valence-corrected chi connectivity index (χ3v) is 5.60. The van der Waals surface area contributed by atoms with Crippen molar-refractivity contribution >= 4 is 49.7 Å². The zero-order valence-electron chi connectivity index (χ0n) is 13.0. The van der Waals surface area contributed by atoms with Gasteiger partial charge in [-0.3, -0.25) is 19.0 Å². The van der Waals surface area contributed by atoms with Crippen LogP contribution in [-0.2, 0) is 11.3 Å². The van der Waals surface area contributed by atoms with Crippen molar-refractivity contribution in [1.82, 2.24) is 9.55 Å². The minimum Gasteiger partial charge on any atom is -0.366 e. The van der Waals surface area contributed by atoms with Gasteiger partial charge in [0.2, 0.25) is 5.91 Å². The van der Waals surface area contributed by atoms with Crippen LogP contribution in [0.4, 0.5) is 5.00 Å². The maximum Gasteiger partial charge on any atom is 0.262 e. The minimum atomic E-state index is -0.615. The summed E-state index contributed by atoms with van der Waals surface area (Å²) in [4.78, 5) is 42.0. The standard InChI is InChI=1S/C15H14N4O3S2/c1-7-8(2)24-14-11(7)15(22)19(6-17-14)5-10(20)18-13-9(12(16)21)3-4-23-13/h3-4,6H,5H2,1-2H3,(H2,16,21)(H,18,20). The molecule has 3 rings (SSSR count). The van der Waals surface area contributed by atoms with Gasteiger partial charge in [-0.1, -0.05) is 0 Å². The summed E-state index contributed by atoms with van der Waals surface area (Å²) >= 11 is 2.65. The van der Waals surface area contributed by atoms with E-state index in [2.05, 4.69) is 10.3 Å². The molecule has 0 bridgehead atoms. The first-order chi connectivity index (χ1) is 11.4. The number of nitrogens with two attached hydrogens (primary N) is 1. The van der Waals surface area contributed by atoms with Crippen LogP contribution in [0.3, 0.4) is 0 Å². The smallest absolute Gasteiger partial charge is 0.262 e. The maximum atomic E-state index is 12.6. The summed E-state index contributed by atoms with van der Waals surface area (Å²) in [5.41, 5.74) is 6.13. The summed E-state index contributed by atoms with van der Waals surface area (Å²) in [6, 6.07) is 1.54. The van der Waals surface area contributed by atoms with Crippen LogP contribution in [0.1, 0.15) is 20.8 Å². The van der Waals surface area contributed by atoms with Crippen molar-refractivity contribution in [3.8, 4) is 0 Å². The third-order valence-electron chi connectivity index (χ3n) is 3.65. The molecule has 0 spiro atoms. The average Bonchev–Trinajstić information content (AvgIpc) is 3.08. The average molecular weight is 362 g/mol. The lowest BCUT2D eigenvalue weighted by atomic mass is 10.2. The van der Waals surface area contributed by atoms with Gasteiger partial charge < -0.3 is 11.1 Å². The number of fused-ring (bicyclic) bond motifs is 1. The number of carbonyl (C=O) groups is 2. The molecule has 0 atom stereocenters. The largest absolute Gasteiger partial charge is 0.366 e. The van der Waals surface area contributed by atoms with Crippen LogP contribution in [-0.4, -0.2) is 21.4 Å². The highest BCUT2D eigenvalue weighted by Gasteiger charge is 2.16. The number of carbonyl (C=O) groups excluding carboxylic acids is 2. The Bertz CT molecular complexity index is 1020. The number of nitrogens with zero attached hydrogens (tertiary/aromatic N) is 2. The Morgan fingerprint density at radius 3 is 2.83 bits per heavy atom. The topological polar surface area (TPSA) is 107 Å². The van der Waals surface area contributed by atoms with Crippen LogP contribution in [0.25, 0.3) is 10.2 Å². The number of aryl methyl sites for hydroxylation is 2. The number of aromatic nitrogens is 2. The highest BCUT2D eigenvalue weighted by atomic mass is 32.1. The molecule has 0 unspecified atom stereocenters. The summed E-state index contributed by atoms with van der Waals surface area (Å²) in [6.45, 7) is 3.61. The monoisotopic (exact) mass is 362 g/mol. The van der Waals surface area contributed by atoms with Gasteiger partial charge >= 0.3 is 0 Å². The lowest BCUT2D eigenvalue weighted by Gasteiger charge is -2.07. The molecule has 0 saturated heterocycles. The molecule has 2 amide bonds. The molecule has 3 aromatic heterocycles. The van der Waals surface area contributed by atoms with E-state index >= 15 is 0 Å². The van der Waals surface area contributed by atoms with E-state index in [0.29, 0.717) is 15.2 Å². The molecule has 3 heterocycles. The molecular weight excluding hydrogens is 348 g/mol. The number of rotatable bonds is 4. The second kappa shape index (κ2) is 6.17. The van der Waals surface area contributed by atoms with Crippen LogP contribution in [0.15, 0.2) is 22.6 Å². The van der Waals surface area contributed by atoms with Crippen LogP contribution < -0.4 is 16.6 Å². The zero-order chi connectivity index (χ0) is 17.4. The molecule has 0 fully saturated rings. The number of anilines is 1. The van der Waals surface area contributed by atoms with E-state index in [-0.39, 0.29) is 17.7 Å². The first-order valence-corrected chi connectivity index (χ1v) is 8.70. The second-order valence-electron chi connectivity index (χ2n) is 5.22. The van der Waals surface area contributed by atoms with Gasteiger partial charge in [-0.2, -0.15) is 0 Å². The molecule has 0 saturated carbocycles. The first-order valence-electron chi connectivity index (χ1n) is 7.00. The van der Waals surface area contributed by atoms with Crippen LogP contribution >= 0.6 is 22.7 Å². The highest BCUT2D eigenvalue weighted by molar-refractivity contribution is 7.18. The molecule has 7 nitrogen and oxygen atoms in total. The molecule has 3 aromatic rings. The van der Waals surface area contributed by atoms with Gasteiger partial charge in [-0.25, -0.2) is 4.98 Å². The van der Waals surface area contributed by atoms with Crippen molar-refractivity contribution in [2.45, 2.75) is 20.4 Å². The summed E-state index contributed by atoms with van der Waals surface area (Å²) in [5, 5.41) is 5.18. The quantitative estimate of drug-likeness (QED) is 0.739. The van der Waals surface area contributed by atoms with E-state index < -0.39 is 11.8 Å². The van der Waals surface area contributed by atoms with Crippen molar-refractivity contribution < 1.29 is 9.59 Å². The molecule has 0 aliphatic rings. The van der Waals surface area contributed by atoms with Gasteiger partial charge in [0.15, 0.2) is 0 Å². The van der Waals surface area contributed by atoms with E-state index in [1.807, 2.05) is 13.8 Å². The molecule has 0 aliphatic carbocycles. The lowest BCUT2D eigenvalue weighted by Crippen LogP contribution is -2.28. The Morgan fingerprint density at radius 1 is 1.38 bits per heavy atom. The molecule has 3 N–H and O–H groups in total. The SMILES string of the molecule is Cc1sc2ncn(CC(=O)Nc3sccc3C(N)=O)c(=O)c2c1C. The van der Waals surface area contributed by atoms with Gasteiger partial charge in [0.1, 0.15) is 16.4 Å². The minimum absolute atomic E-state index is 0.188. The van der Waals surface area contributed by atoms with E-state index in [1.54, 1.807) is 11.4 Å². The maximum absolute atomic E-state index is 12.6. The molecule has 0 aromatic carbocycles. The Hall–Kier alpha value is -2.52. The number of hydrogen-bond acceptors (Lipinski definition) is 6. The predicted molar refractivity (Wildman–Crippen MR) is 94.8 cm³/mol. The Kier molecular flexibility index (Phi) is 4.20. The predicted octanol–water partition coefficient (Wildman–Crippen LogP) is 1.87. The number of amides is 2. The second-order valence-corrected chi connectivity index (χ2v) is 7.34. The van der Waals surface area contributed by atoms with Crippen LogP contribution in [0.5, 0.6) is 0 Å². The summed E-state index contributed by atoms with van der Waals surface area (Å²) in [5.74, 6) is -1.04. The number of hydrogen-bond donors (Lipinski definition) is 2. The van der Waals surface area contributed by atoms with Crippen molar-refractivity contribution in [3.05, 3.63) is 44.1 Å². The fourth-order valence-electron chi connectivity index (χ4n) is 2.30. The van der Waals surface area contributed by atoms with Crippen molar-refractivity contribution in [3.63, 3.8) is 0 Å². The third kappa shape index (κ3) is 2.83. The van der Waals surface area contributed by atoms with Gasteiger partial charge in [0.25, 0.3) is 11.5 Å². The molecule has 124 valence electrons. The van der Waals surface area contributed by atoms with Crippen molar-refractivity contribution in [2.75, 3.05) is 5.32 Å². The normalized spacial score (nSPS) is 10.9. The first kappa shape index (κ1) is 16.3. The van der Waals surface area contributed by atoms with Gasteiger partial charge in [-0.05, 0) is 30.9 Å². The highest BCUT2D eigenvalue weighted by Crippen LogP contribution is 2.25. The summed E-state index contributed by atoms with van der Waals surface area (Å²) in [6.07, 6.45) is 1.36. The zero-order valence-corrected chi connectivity index (χ0v) is 14.6. The van der Waals surface area contributed by atoms with Crippen molar-refractivity contribution in [1.29, 1.82) is 0 Å². The van der Waals surface area contributed by atoms with Crippen molar-refractivity contribution in [2.24, 2.45) is 5.73 Å². The van der Waals surface area contributed by atoms with Crippen LogP contribution in [0.2, 0.25) is 0 Å². The fraction of sp³-hybridized carbons (Fsp3) is 0.200. The summed E-state index contributed by atoms with van der Waals surface area (Å²) < 4.78 is 1.26. The summed E-state index contributed by atoms with van der Waals surface area (Å²) in [7, 11) is 0. The molecular formula is C15H14N4O3S2.